The number of aliphatic hydroxyl groups is 1. The molecule has 0 aliphatic carbocycles. The van der Waals surface area contributed by atoms with E-state index >= 15 is 0 Å². The minimum atomic E-state index is -0.380. The molecule has 0 radical (unpaired) electrons. The summed E-state index contributed by atoms with van der Waals surface area (Å²) < 4.78 is 1.84. The summed E-state index contributed by atoms with van der Waals surface area (Å²) in [6.45, 7) is 8.65. The van der Waals surface area contributed by atoms with E-state index in [1.165, 1.54) is 5.56 Å². The Morgan fingerprint density at radius 2 is 2.19 bits per heavy atom. The van der Waals surface area contributed by atoms with Crippen LogP contribution in [-0.2, 0) is 20.0 Å². The summed E-state index contributed by atoms with van der Waals surface area (Å²) in [6.07, 6.45) is 2.59. The predicted molar refractivity (Wildman–Crippen MR) is 65.2 cm³/mol. The van der Waals surface area contributed by atoms with Gasteiger partial charge in [-0.1, -0.05) is 6.92 Å². The van der Waals surface area contributed by atoms with Crippen molar-refractivity contribution < 1.29 is 5.11 Å². The smallest absolute Gasteiger partial charge is 0.0688 e. The predicted octanol–water partition coefficient (Wildman–Crippen LogP) is 1.23. The summed E-state index contributed by atoms with van der Waals surface area (Å²) in [6, 6.07) is 0. The van der Waals surface area contributed by atoms with E-state index in [4.69, 9.17) is 0 Å². The van der Waals surface area contributed by atoms with Crippen LogP contribution in [0.1, 0.15) is 39.0 Å². The average Bonchev–Trinajstić information content (AvgIpc) is 2.56. The molecule has 0 fully saturated rings. The van der Waals surface area contributed by atoms with Crippen molar-refractivity contribution in [1.29, 1.82) is 0 Å². The molecule has 0 amide bonds. The van der Waals surface area contributed by atoms with Crippen LogP contribution in [0.2, 0.25) is 0 Å². The summed E-state index contributed by atoms with van der Waals surface area (Å²) in [5.74, 6) is 0. The SMILES string of the molecule is CCc1nn(C)cc1CNC(C)(C)C(C)O. The number of nitrogens with zero attached hydrogens (tertiary/aromatic N) is 2. The van der Waals surface area contributed by atoms with E-state index in [0.29, 0.717) is 0 Å². The average molecular weight is 225 g/mol. The van der Waals surface area contributed by atoms with Crippen molar-refractivity contribution in [3.8, 4) is 0 Å². The Bertz CT molecular complexity index is 342. The molecule has 4 heteroatoms. The number of nitrogens with one attached hydrogen (secondary N) is 1. The van der Waals surface area contributed by atoms with Crippen molar-refractivity contribution in [2.45, 2.75) is 52.3 Å². The van der Waals surface area contributed by atoms with E-state index in [-0.39, 0.29) is 11.6 Å². The minimum absolute atomic E-state index is 0.277. The van der Waals surface area contributed by atoms with E-state index in [0.717, 1.165) is 18.7 Å². The zero-order valence-corrected chi connectivity index (χ0v) is 10.9. The third-order valence-corrected chi connectivity index (χ3v) is 3.11. The van der Waals surface area contributed by atoms with Crippen LogP contribution in [-0.4, -0.2) is 26.5 Å². The van der Waals surface area contributed by atoms with Crippen molar-refractivity contribution in [3.05, 3.63) is 17.5 Å². The number of hydrogen-bond donors (Lipinski definition) is 2. The number of aryl methyl sites for hydroxylation is 2. The lowest BCUT2D eigenvalue weighted by atomic mass is 9.98. The molecular weight excluding hydrogens is 202 g/mol. The first-order chi connectivity index (χ1) is 7.36. The molecule has 2 N–H and O–H groups in total. The molecule has 0 aliphatic heterocycles. The highest BCUT2D eigenvalue weighted by atomic mass is 16.3. The molecule has 16 heavy (non-hydrogen) atoms. The molecule has 1 heterocycles. The van der Waals surface area contributed by atoms with Gasteiger partial charge in [0.25, 0.3) is 0 Å². The molecule has 4 nitrogen and oxygen atoms in total. The third kappa shape index (κ3) is 3.06. The van der Waals surface area contributed by atoms with Crippen molar-refractivity contribution in [3.63, 3.8) is 0 Å². The second-order valence-corrected chi connectivity index (χ2v) is 4.88. The van der Waals surface area contributed by atoms with Crippen LogP contribution in [0, 0.1) is 0 Å². The van der Waals surface area contributed by atoms with Crippen molar-refractivity contribution in [2.75, 3.05) is 0 Å². The second-order valence-electron chi connectivity index (χ2n) is 4.88. The molecule has 0 spiro atoms. The Labute approximate surface area is 97.7 Å². The number of rotatable bonds is 5. The molecule has 1 aromatic heterocycles. The van der Waals surface area contributed by atoms with Gasteiger partial charge < -0.3 is 10.4 Å². The molecule has 1 atom stereocenters. The van der Waals surface area contributed by atoms with Gasteiger partial charge >= 0.3 is 0 Å². The van der Waals surface area contributed by atoms with Gasteiger partial charge in [0, 0.05) is 30.9 Å². The Kier molecular flexibility index (Phi) is 4.10. The fraction of sp³-hybridized carbons (Fsp3) is 0.750. The zero-order valence-electron chi connectivity index (χ0n) is 10.9. The maximum absolute atomic E-state index is 9.61. The van der Waals surface area contributed by atoms with E-state index in [1.807, 2.05) is 31.8 Å². The number of hydrogen-bond acceptors (Lipinski definition) is 3. The van der Waals surface area contributed by atoms with Gasteiger partial charge in [0.05, 0.1) is 11.8 Å². The van der Waals surface area contributed by atoms with Crippen LogP contribution in [0.3, 0.4) is 0 Å². The number of aromatic nitrogens is 2. The molecule has 0 bridgehead atoms. The van der Waals surface area contributed by atoms with Gasteiger partial charge in [-0.15, -0.1) is 0 Å². The normalized spacial score (nSPS) is 14.1. The highest BCUT2D eigenvalue weighted by molar-refractivity contribution is 5.17. The highest BCUT2D eigenvalue weighted by Crippen LogP contribution is 2.12. The summed E-state index contributed by atoms with van der Waals surface area (Å²) >= 11 is 0. The number of aliphatic hydroxyl groups excluding tert-OH is 1. The Hall–Kier alpha value is -0.870. The first-order valence-corrected chi connectivity index (χ1v) is 5.81. The van der Waals surface area contributed by atoms with Crippen LogP contribution >= 0.6 is 0 Å². The fourth-order valence-corrected chi connectivity index (χ4v) is 1.50. The summed E-state index contributed by atoms with van der Waals surface area (Å²) in [7, 11) is 1.93. The molecule has 1 aromatic rings. The minimum Gasteiger partial charge on any atom is -0.392 e. The van der Waals surface area contributed by atoms with Crippen LogP contribution < -0.4 is 5.32 Å². The van der Waals surface area contributed by atoms with Crippen LogP contribution in [0.25, 0.3) is 0 Å². The van der Waals surface area contributed by atoms with Gasteiger partial charge in [0.15, 0.2) is 0 Å². The van der Waals surface area contributed by atoms with Gasteiger partial charge in [0.1, 0.15) is 0 Å². The second kappa shape index (κ2) is 4.97. The van der Waals surface area contributed by atoms with E-state index in [9.17, 15) is 5.11 Å². The van der Waals surface area contributed by atoms with Crippen LogP contribution in [0.15, 0.2) is 6.20 Å². The van der Waals surface area contributed by atoms with Gasteiger partial charge in [-0.05, 0) is 27.2 Å². The van der Waals surface area contributed by atoms with Crippen molar-refractivity contribution >= 4 is 0 Å². The van der Waals surface area contributed by atoms with E-state index in [2.05, 4.69) is 17.3 Å². The lowest BCUT2D eigenvalue weighted by Gasteiger charge is -2.29. The summed E-state index contributed by atoms with van der Waals surface area (Å²) in [5, 5.41) is 17.4. The third-order valence-electron chi connectivity index (χ3n) is 3.11. The molecule has 0 saturated heterocycles. The molecule has 0 aromatic carbocycles. The quantitative estimate of drug-likeness (QED) is 0.792. The molecule has 0 aliphatic rings. The van der Waals surface area contributed by atoms with Gasteiger partial charge in [-0.2, -0.15) is 5.10 Å². The topological polar surface area (TPSA) is 50.1 Å². The lowest BCUT2D eigenvalue weighted by molar-refractivity contribution is 0.0956. The Balaban J connectivity index is 2.67. The largest absolute Gasteiger partial charge is 0.392 e. The molecule has 0 saturated carbocycles. The van der Waals surface area contributed by atoms with Gasteiger partial charge in [-0.25, -0.2) is 0 Å². The first kappa shape index (κ1) is 13.2. The molecule has 1 unspecified atom stereocenters. The van der Waals surface area contributed by atoms with Gasteiger partial charge in [0.2, 0.25) is 0 Å². The molecule has 92 valence electrons. The van der Waals surface area contributed by atoms with Crippen molar-refractivity contribution in [1.82, 2.24) is 15.1 Å². The Morgan fingerprint density at radius 1 is 1.56 bits per heavy atom. The van der Waals surface area contributed by atoms with Crippen LogP contribution in [0.5, 0.6) is 0 Å². The highest BCUT2D eigenvalue weighted by Gasteiger charge is 2.23. The Morgan fingerprint density at radius 3 is 2.69 bits per heavy atom. The molecular formula is C12H23N3O. The van der Waals surface area contributed by atoms with Crippen molar-refractivity contribution in [2.24, 2.45) is 7.05 Å². The lowest BCUT2D eigenvalue weighted by Crippen LogP contribution is -2.47. The standard InChI is InChI=1S/C12H23N3O/c1-6-11-10(8-15(5)14-11)7-13-12(3,4)9(2)16/h8-9,13,16H,6-7H2,1-5H3. The zero-order chi connectivity index (χ0) is 12.3. The fourth-order valence-electron chi connectivity index (χ4n) is 1.50. The summed E-state index contributed by atoms with van der Waals surface area (Å²) in [4.78, 5) is 0. The summed E-state index contributed by atoms with van der Waals surface area (Å²) in [5.41, 5.74) is 2.05. The van der Waals surface area contributed by atoms with E-state index < -0.39 is 0 Å². The van der Waals surface area contributed by atoms with Crippen LogP contribution in [0.4, 0.5) is 0 Å². The van der Waals surface area contributed by atoms with Gasteiger partial charge in [-0.3, -0.25) is 4.68 Å². The maximum Gasteiger partial charge on any atom is 0.0688 e. The van der Waals surface area contributed by atoms with E-state index in [1.54, 1.807) is 6.92 Å². The molecule has 1 rings (SSSR count). The first-order valence-electron chi connectivity index (χ1n) is 5.81. The maximum atomic E-state index is 9.61. The monoisotopic (exact) mass is 225 g/mol.